The number of benzene rings is 2. The summed E-state index contributed by atoms with van der Waals surface area (Å²) in [6, 6.07) is 18.7. The zero-order chi connectivity index (χ0) is 13.1. The van der Waals surface area contributed by atoms with Gasteiger partial charge in [-0.1, -0.05) is 48.5 Å². The van der Waals surface area contributed by atoms with Gasteiger partial charge >= 0.3 is 0 Å². The number of carbonyl (C=O) groups is 1. The first-order valence-electron chi connectivity index (χ1n) is 6.71. The molecule has 19 heavy (non-hydrogen) atoms. The molecular weight excluding hydrogens is 234 g/mol. The van der Waals surface area contributed by atoms with Gasteiger partial charge in [-0.2, -0.15) is 0 Å². The van der Waals surface area contributed by atoms with E-state index in [4.69, 9.17) is 0 Å². The van der Waals surface area contributed by atoms with Gasteiger partial charge in [0.2, 0.25) is 0 Å². The Labute approximate surface area is 113 Å². The standard InChI is InChI=1S/C17H17NO/c19-13-15-10-11-18(12-14-6-2-1-3-7-14)17-9-5-4-8-16(15)17/h1-9,13,15H,10-12H2. The van der Waals surface area contributed by atoms with E-state index in [1.807, 2.05) is 18.2 Å². The summed E-state index contributed by atoms with van der Waals surface area (Å²) in [6.45, 7) is 1.85. The Balaban J connectivity index is 1.90. The van der Waals surface area contributed by atoms with Crippen molar-refractivity contribution in [3.8, 4) is 0 Å². The molecule has 2 heteroatoms. The molecule has 0 N–H and O–H groups in total. The molecule has 0 radical (unpaired) electrons. The molecule has 0 amide bonds. The molecule has 1 aliphatic rings. The smallest absolute Gasteiger partial charge is 0.127 e. The predicted molar refractivity (Wildman–Crippen MR) is 77.4 cm³/mol. The van der Waals surface area contributed by atoms with Gasteiger partial charge < -0.3 is 9.69 Å². The van der Waals surface area contributed by atoms with Gasteiger partial charge in [0.25, 0.3) is 0 Å². The van der Waals surface area contributed by atoms with Gasteiger partial charge in [0.05, 0.1) is 0 Å². The highest BCUT2D eigenvalue weighted by atomic mass is 16.1. The molecule has 96 valence electrons. The first-order valence-corrected chi connectivity index (χ1v) is 6.71. The highest BCUT2D eigenvalue weighted by Crippen LogP contribution is 2.34. The van der Waals surface area contributed by atoms with Crippen LogP contribution in [0.15, 0.2) is 54.6 Å². The molecule has 1 atom stereocenters. The second-order valence-electron chi connectivity index (χ2n) is 5.00. The number of fused-ring (bicyclic) bond motifs is 1. The third-order valence-corrected chi connectivity index (χ3v) is 3.77. The maximum atomic E-state index is 11.2. The Bertz CT molecular complexity index is 564. The number of aldehydes is 1. The summed E-state index contributed by atoms with van der Waals surface area (Å²) in [5.41, 5.74) is 3.68. The van der Waals surface area contributed by atoms with Crippen molar-refractivity contribution in [1.82, 2.24) is 0 Å². The SMILES string of the molecule is O=CC1CCN(Cc2ccccc2)c2ccccc21. The molecule has 2 aromatic rings. The minimum absolute atomic E-state index is 0.0585. The molecule has 0 aromatic heterocycles. The minimum atomic E-state index is 0.0585. The second kappa shape index (κ2) is 5.27. The lowest BCUT2D eigenvalue weighted by molar-refractivity contribution is -0.109. The Kier molecular flexibility index (Phi) is 3.32. The first kappa shape index (κ1) is 12.0. The number of rotatable bonds is 3. The molecule has 1 aliphatic heterocycles. The third kappa shape index (κ3) is 2.39. The lowest BCUT2D eigenvalue weighted by Crippen LogP contribution is -2.31. The maximum Gasteiger partial charge on any atom is 0.127 e. The summed E-state index contributed by atoms with van der Waals surface area (Å²) in [7, 11) is 0. The van der Waals surface area contributed by atoms with E-state index < -0.39 is 0 Å². The summed E-state index contributed by atoms with van der Waals surface area (Å²) in [6.07, 6.45) is 1.99. The zero-order valence-corrected chi connectivity index (χ0v) is 10.8. The van der Waals surface area contributed by atoms with Crippen LogP contribution in [-0.2, 0) is 11.3 Å². The van der Waals surface area contributed by atoms with Crippen molar-refractivity contribution in [3.63, 3.8) is 0 Å². The van der Waals surface area contributed by atoms with E-state index in [1.54, 1.807) is 0 Å². The van der Waals surface area contributed by atoms with Crippen LogP contribution in [0.4, 0.5) is 5.69 Å². The van der Waals surface area contributed by atoms with Crippen LogP contribution >= 0.6 is 0 Å². The van der Waals surface area contributed by atoms with E-state index in [0.717, 1.165) is 25.8 Å². The molecule has 2 aromatic carbocycles. The summed E-state index contributed by atoms with van der Waals surface area (Å²) >= 11 is 0. The van der Waals surface area contributed by atoms with Crippen LogP contribution in [-0.4, -0.2) is 12.8 Å². The molecule has 1 heterocycles. The summed E-state index contributed by atoms with van der Waals surface area (Å²) in [5, 5.41) is 0. The van der Waals surface area contributed by atoms with Crippen LogP contribution in [0, 0.1) is 0 Å². The maximum absolute atomic E-state index is 11.2. The third-order valence-electron chi connectivity index (χ3n) is 3.77. The Morgan fingerprint density at radius 3 is 2.58 bits per heavy atom. The fourth-order valence-corrected chi connectivity index (χ4v) is 2.77. The first-order chi connectivity index (χ1) is 9.38. The fraction of sp³-hybridized carbons (Fsp3) is 0.235. The van der Waals surface area contributed by atoms with Crippen molar-refractivity contribution in [2.24, 2.45) is 0 Å². The van der Waals surface area contributed by atoms with Crippen LogP contribution in [0.2, 0.25) is 0 Å². The molecule has 1 unspecified atom stereocenters. The summed E-state index contributed by atoms with van der Waals surface area (Å²) in [5.74, 6) is 0.0585. The van der Waals surface area contributed by atoms with Crippen LogP contribution < -0.4 is 4.90 Å². The number of anilines is 1. The summed E-state index contributed by atoms with van der Waals surface area (Å²) < 4.78 is 0. The van der Waals surface area contributed by atoms with Crippen molar-refractivity contribution in [2.45, 2.75) is 18.9 Å². The Hall–Kier alpha value is -2.09. The van der Waals surface area contributed by atoms with Crippen LogP contribution in [0.3, 0.4) is 0 Å². The fourth-order valence-electron chi connectivity index (χ4n) is 2.77. The largest absolute Gasteiger partial charge is 0.367 e. The van der Waals surface area contributed by atoms with Gasteiger partial charge in [0.1, 0.15) is 6.29 Å². The van der Waals surface area contributed by atoms with Gasteiger partial charge in [0, 0.05) is 24.7 Å². The van der Waals surface area contributed by atoms with Gasteiger partial charge in [-0.15, -0.1) is 0 Å². The van der Waals surface area contributed by atoms with Crippen molar-refractivity contribution in [3.05, 3.63) is 65.7 Å². The van der Waals surface area contributed by atoms with Crippen molar-refractivity contribution >= 4 is 12.0 Å². The molecule has 0 saturated heterocycles. The van der Waals surface area contributed by atoms with Gasteiger partial charge in [0.15, 0.2) is 0 Å². The number of hydrogen-bond acceptors (Lipinski definition) is 2. The molecule has 0 aliphatic carbocycles. The molecule has 0 saturated carbocycles. The quantitative estimate of drug-likeness (QED) is 0.779. The number of nitrogens with zero attached hydrogens (tertiary/aromatic N) is 1. The molecule has 0 fully saturated rings. The predicted octanol–water partition coefficient (Wildman–Crippen LogP) is 3.38. The topological polar surface area (TPSA) is 20.3 Å². The van der Waals surface area contributed by atoms with Crippen molar-refractivity contribution < 1.29 is 4.79 Å². The van der Waals surface area contributed by atoms with E-state index in [9.17, 15) is 4.79 Å². The van der Waals surface area contributed by atoms with Crippen LogP contribution in [0.5, 0.6) is 0 Å². The Morgan fingerprint density at radius 1 is 1.05 bits per heavy atom. The van der Waals surface area contributed by atoms with Gasteiger partial charge in [-0.05, 0) is 23.6 Å². The highest BCUT2D eigenvalue weighted by Gasteiger charge is 2.24. The number of hydrogen-bond donors (Lipinski definition) is 0. The van der Waals surface area contributed by atoms with Crippen LogP contribution in [0.25, 0.3) is 0 Å². The highest BCUT2D eigenvalue weighted by molar-refractivity contribution is 5.71. The zero-order valence-electron chi connectivity index (χ0n) is 10.8. The van der Waals surface area contributed by atoms with Gasteiger partial charge in [-0.25, -0.2) is 0 Å². The average molecular weight is 251 g/mol. The molecule has 0 bridgehead atoms. The lowest BCUT2D eigenvalue weighted by Gasteiger charge is -2.34. The second-order valence-corrected chi connectivity index (χ2v) is 5.00. The molecule has 3 rings (SSSR count). The van der Waals surface area contributed by atoms with Crippen molar-refractivity contribution in [2.75, 3.05) is 11.4 Å². The van der Waals surface area contributed by atoms with E-state index in [1.165, 1.54) is 16.8 Å². The normalized spacial score (nSPS) is 17.9. The van der Waals surface area contributed by atoms with E-state index in [-0.39, 0.29) is 5.92 Å². The minimum Gasteiger partial charge on any atom is -0.367 e. The average Bonchev–Trinajstić information content (AvgIpc) is 2.49. The Morgan fingerprint density at radius 2 is 1.79 bits per heavy atom. The molecule has 2 nitrogen and oxygen atoms in total. The molecular formula is C17H17NO. The van der Waals surface area contributed by atoms with Gasteiger partial charge in [-0.3, -0.25) is 0 Å². The van der Waals surface area contributed by atoms with Crippen LogP contribution in [0.1, 0.15) is 23.5 Å². The number of carbonyl (C=O) groups excluding carboxylic acids is 1. The lowest BCUT2D eigenvalue weighted by atomic mass is 9.91. The number of para-hydroxylation sites is 1. The van der Waals surface area contributed by atoms with E-state index >= 15 is 0 Å². The van der Waals surface area contributed by atoms with E-state index in [0.29, 0.717) is 0 Å². The monoisotopic (exact) mass is 251 g/mol. The summed E-state index contributed by atoms with van der Waals surface area (Å²) in [4.78, 5) is 13.5. The molecule has 0 spiro atoms. The van der Waals surface area contributed by atoms with Crippen molar-refractivity contribution in [1.29, 1.82) is 0 Å². The van der Waals surface area contributed by atoms with E-state index in [2.05, 4.69) is 41.3 Å².